The minimum atomic E-state index is -0.356. The molecule has 0 saturated carbocycles. The Morgan fingerprint density at radius 2 is 1.97 bits per heavy atom. The highest BCUT2D eigenvalue weighted by atomic mass is 16.5. The van der Waals surface area contributed by atoms with E-state index in [0.717, 1.165) is 39.0 Å². The van der Waals surface area contributed by atoms with Gasteiger partial charge < -0.3 is 19.8 Å². The molecule has 0 spiro atoms. The van der Waals surface area contributed by atoms with Crippen LogP contribution in [0.15, 0.2) is 66.2 Å². The fourth-order valence-corrected chi connectivity index (χ4v) is 4.37. The third kappa shape index (κ3) is 3.17. The number of nitriles is 1. The quantitative estimate of drug-likeness (QED) is 0.497. The van der Waals surface area contributed by atoms with E-state index in [1.54, 1.807) is 0 Å². The topological polar surface area (TPSA) is 102 Å². The van der Waals surface area contributed by atoms with Crippen LogP contribution in [0.3, 0.4) is 0 Å². The number of ether oxygens (including phenoxy) is 2. The molecule has 5 rings (SSSR count). The molecule has 4 aromatic rings. The van der Waals surface area contributed by atoms with Crippen LogP contribution in [-0.4, -0.2) is 21.4 Å². The van der Waals surface area contributed by atoms with Gasteiger partial charge in [0.2, 0.25) is 11.8 Å². The molecule has 0 bridgehead atoms. The second-order valence-corrected chi connectivity index (χ2v) is 7.90. The zero-order chi connectivity index (χ0) is 22.2. The molecule has 0 fully saturated rings. The first-order valence-electron chi connectivity index (χ1n) is 10.5. The molecule has 0 amide bonds. The SMILES string of the molecule is Cc1ccccc1OCCn1cc([C@@H]2C(C#N)=C(N)Oc3n[nH]c(C)c32)c2ccccc21. The summed E-state index contributed by atoms with van der Waals surface area (Å²) in [6.07, 6.45) is 2.09. The van der Waals surface area contributed by atoms with Crippen molar-refractivity contribution < 1.29 is 9.47 Å². The maximum absolute atomic E-state index is 9.89. The lowest BCUT2D eigenvalue weighted by molar-refractivity contribution is 0.298. The number of nitrogens with one attached hydrogen (secondary N) is 1. The van der Waals surface area contributed by atoms with Crippen LogP contribution in [0.25, 0.3) is 10.9 Å². The summed E-state index contributed by atoms with van der Waals surface area (Å²) in [5.41, 5.74) is 11.4. The smallest absolute Gasteiger partial charge is 0.244 e. The summed E-state index contributed by atoms with van der Waals surface area (Å²) >= 11 is 0. The minimum Gasteiger partial charge on any atom is -0.491 e. The van der Waals surface area contributed by atoms with Crippen LogP contribution in [0.1, 0.15) is 28.3 Å². The first-order chi connectivity index (χ1) is 15.6. The van der Waals surface area contributed by atoms with Gasteiger partial charge in [0, 0.05) is 28.4 Å². The van der Waals surface area contributed by atoms with Crippen LogP contribution >= 0.6 is 0 Å². The molecular formula is C25H23N5O2. The largest absolute Gasteiger partial charge is 0.491 e. The summed E-state index contributed by atoms with van der Waals surface area (Å²) < 4.78 is 13.8. The molecule has 2 aromatic heterocycles. The predicted octanol–water partition coefficient (Wildman–Crippen LogP) is 4.28. The number of para-hydroxylation sites is 2. The van der Waals surface area contributed by atoms with E-state index in [-0.39, 0.29) is 11.8 Å². The van der Waals surface area contributed by atoms with E-state index in [1.165, 1.54) is 0 Å². The van der Waals surface area contributed by atoms with E-state index in [4.69, 9.17) is 15.2 Å². The van der Waals surface area contributed by atoms with Crippen LogP contribution < -0.4 is 15.2 Å². The third-order valence-electron chi connectivity index (χ3n) is 5.94. The van der Waals surface area contributed by atoms with E-state index in [9.17, 15) is 5.26 Å². The van der Waals surface area contributed by atoms with Gasteiger partial charge >= 0.3 is 0 Å². The number of rotatable bonds is 5. The van der Waals surface area contributed by atoms with Crippen LogP contribution in [-0.2, 0) is 6.54 Å². The fourth-order valence-electron chi connectivity index (χ4n) is 4.37. The number of nitrogens with zero attached hydrogens (tertiary/aromatic N) is 3. The van der Waals surface area contributed by atoms with Crippen molar-refractivity contribution in [1.82, 2.24) is 14.8 Å². The molecule has 0 aliphatic carbocycles. The highest BCUT2D eigenvalue weighted by Crippen LogP contribution is 2.45. The molecule has 3 heterocycles. The summed E-state index contributed by atoms with van der Waals surface area (Å²) in [6.45, 7) is 5.15. The number of hydrogen-bond donors (Lipinski definition) is 2. The standard InChI is InChI=1S/C25H23N5O2/c1-15-7-3-6-10-21(15)31-12-11-30-14-19(17-8-4-5-9-20(17)30)23-18(13-26)24(27)32-25-22(23)16(2)28-29-25/h3-10,14,23H,11-12,27H2,1-2H3,(H,28,29)/t23-/m0/s1. The van der Waals surface area contributed by atoms with Gasteiger partial charge in [-0.2, -0.15) is 5.26 Å². The minimum absolute atomic E-state index is 0.0937. The van der Waals surface area contributed by atoms with Crippen molar-refractivity contribution in [1.29, 1.82) is 5.26 Å². The number of aromatic nitrogens is 3. The van der Waals surface area contributed by atoms with Gasteiger partial charge in [-0.1, -0.05) is 36.4 Å². The summed E-state index contributed by atoms with van der Waals surface area (Å²) in [4.78, 5) is 0. The third-order valence-corrected chi connectivity index (χ3v) is 5.94. The van der Waals surface area contributed by atoms with Gasteiger partial charge in [-0.15, -0.1) is 5.10 Å². The lowest BCUT2D eigenvalue weighted by atomic mass is 9.84. The zero-order valence-electron chi connectivity index (χ0n) is 17.9. The highest BCUT2D eigenvalue weighted by molar-refractivity contribution is 5.86. The molecule has 0 saturated heterocycles. The molecule has 7 heteroatoms. The molecule has 3 N–H and O–H groups in total. The normalized spacial score (nSPS) is 15.3. The molecule has 2 aromatic carbocycles. The van der Waals surface area contributed by atoms with Crippen molar-refractivity contribution in [3.63, 3.8) is 0 Å². The van der Waals surface area contributed by atoms with Gasteiger partial charge in [0.15, 0.2) is 0 Å². The van der Waals surface area contributed by atoms with Crippen molar-refractivity contribution in [2.24, 2.45) is 5.73 Å². The molecular weight excluding hydrogens is 402 g/mol. The molecule has 1 aliphatic rings. The molecule has 7 nitrogen and oxygen atoms in total. The Morgan fingerprint density at radius 3 is 2.78 bits per heavy atom. The van der Waals surface area contributed by atoms with E-state index in [1.807, 2.05) is 50.2 Å². The first kappa shape index (κ1) is 19.8. The monoisotopic (exact) mass is 425 g/mol. The molecule has 32 heavy (non-hydrogen) atoms. The Kier molecular flexibility index (Phi) is 4.83. The molecule has 0 radical (unpaired) electrons. The van der Waals surface area contributed by atoms with Crippen molar-refractivity contribution >= 4 is 10.9 Å². The molecule has 0 unspecified atom stereocenters. The van der Waals surface area contributed by atoms with Crippen LogP contribution in [0.4, 0.5) is 0 Å². The van der Waals surface area contributed by atoms with Crippen LogP contribution in [0.2, 0.25) is 0 Å². The Bertz CT molecular complexity index is 1390. The Balaban J connectivity index is 1.55. The number of allylic oxidation sites excluding steroid dienone is 1. The number of benzene rings is 2. The van der Waals surface area contributed by atoms with Crippen molar-refractivity contribution in [3.8, 4) is 17.7 Å². The van der Waals surface area contributed by atoms with Crippen molar-refractivity contribution in [2.45, 2.75) is 26.3 Å². The fraction of sp³-hybridized carbons (Fsp3) is 0.200. The van der Waals surface area contributed by atoms with Crippen molar-refractivity contribution in [2.75, 3.05) is 6.61 Å². The number of hydrogen-bond acceptors (Lipinski definition) is 5. The average molecular weight is 425 g/mol. The lowest BCUT2D eigenvalue weighted by Gasteiger charge is -2.23. The van der Waals surface area contributed by atoms with E-state index in [0.29, 0.717) is 24.6 Å². The number of aromatic amines is 1. The average Bonchev–Trinajstić information content (AvgIpc) is 3.35. The summed E-state index contributed by atoms with van der Waals surface area (Å²) in [5.74, 6) is 1.04. The Morgan fingerprint density at radius 1 is 1.19 bits per heavy atom. The number of nitrogens with two attached hydrogens (primary N) is 1. The highest BCUT2D eigenvalue weighted by Gasteiger charge is 2.35. The molecule has 1 atom stereocenters. The summed E-state index contributed by atoms with van der Waals surface area (Å²) in [5, 5.41) is 18.1. The van der Waals surface area contributed by atoms with Gasteiger partial charge in [-0.25, -0.2) is 0 Å². The first-order valence-corrected chi connectivity index (χ1v) is 10.5. The van der Waals surface area contributed by atoms with E-state index in [2.05, 4.69) is 39.2 Å². The number of aryl methyl sites for hydroxylation is 2. The van der Waals surface area contributed by atoms with Crippen LogP contribution in [0, 0.1) is 25.2 Å². The Labute approximate surface area is 185 Å². The zero-order valence-corrected chi connectivity index (χ0v) is 17.9. The maximum Gasteiger partial charge on any atom is 0.244 e. The van der Waals surface area contributed by atoms with E-state index < -0.39 is 0 Å². The summed E-state index contributed by atoms with van der Waals surface area (Å²) in [6, 6.07) is 18.4. The van der Waals surface area contributed by atoms with Gasteiger partial charge in [-0.05, 0) is 37.1 Å². The van der Waals surface area contributed by atoms with Gasteiger partial charge in [0.1, 0.15) is 24.0 Å². The maximum atomic E-state index is 9.89. The Hall–Kier alpha value is -4.18. The van der Waals surface area contributed by atoms with Crippen LogP contribution in [0.5, 0.6) is 11.6 Å². The number of H-pyrrole nitrogens is 1. The van der Waals surface area contributed by atoms with Crippen molar-refractivity contribution in [3.05, 3.63) is 88.6 Å². The van der Waals surface area contributed by atoms with Gasteiger partial charge in [0.05, 0.1) is 12.5 Å². The lowest BCUT2D eigenvalue weighted by Crippen LogP contribution is -2.21. The molecule has 1 aliphatic heterocycles. The predicted molar refractivity (Wildman–Crippen MR) is 121 cm³/mol. The molecule has 160 valence electrons. The van der Waals surface area contributed by atoms with Gasteiger partial charge in [0.25, 0.3) is 0 Å². The number of fused-ring (bicyclic) bond motifs is 2. The second-order valence-electron chi connectivity index (χ2n) is 7.90. The van der Waals surface area contributed by atoms with Gasteiger partial charge in [-0.3, -0.25) is 5.10 Å². The van der Waals surface area contributed by atoms with E-state index >= 15 is 0 Å². The second kappa shape index (κ2) is 7.82. The summed E-state index contributed by atoms with van der Waals surface area (Å²) in [7, 11) is 0.